The second-order valence-corrected chi connectivity index (χ2v) is 7.11. The molecule has 3 heterocycles. The fourth-order valence-corrected chi connectivity index (χ4v) is 3.59. The second kappa shape index (κ2) is 7.97. The van der Waals surface area contributed by atoms with Crippen LogP contribution >= 0.6 is 11.6 Å². The number of carbonyl (C=O) groups is 2. The molecule has 0 bridgehead atoms. The highest BCUT2D eigenvalue weighted by Gasteiger charge is 2.47. The molecule has 1 amide bonds. The van der Waals surface area contributed by atoms with Crippen LogP contribution in [0.2, 0.25) is 5.02 Å². The van der Waals surface area contributed by atoms with Crippen molar-refractivity contribution < 1.29 is 19.1 Å². The van der Waals surface area contributed by atoms with E-state index in [9.17, 15) is 14.7 Å². The number of furan rings is 1. The van der Waals surface area contributed by atoms with Crippen LogP contribution in [0.25, 0.3) is 5.76 Å². The van der Waals surface area contributed by atoms with Crippen LogP contribution in [0.4, 0.5) is 0 Å². The minimum absolute atomic E-state index is 0.00917. The van der Waals surface area contributed by atoms with Crippen molar-refractivity contribution in [3.8, 4) is 0 Å². The smallest absolute Gasteiger partial charge is 0.295 e. The molecule has 1 fully saturated rings. The summed E-state index contributed by atoms with van der Waals surface area (Å²) >= 11 is 5.91. The lowest BCUT2D eigenvalue weighted by molar-refractivity contribution is -0.140. The fraction of sp³-hybridized carbons (Fsp3) is 0.190. The number of aryl methyl sites for hydroxylation is 1. The molecule has 2 aromatic heterocycles. The number of aliphatic hydroxyl groups excluding tert-OH is 1. The van der Waals surface area contributed by atoms with E-state index in [1.165, 1.54) is 11.2 Å². The molecule has 0 radical (unpaired) electrons. The molecule has 0 unspecified atom stereocenters. The summed E-state index contributed by atoms with van der Waals surface area (Å²) in [6.07, 6.45) is 7.29. The third-order valence-electron chi connectivity index (χ3n) is 4.84. The predicted octanol–water partition coefficient (Wildman–Crippen LogP) is 3.64. The largest absolute Gasteiger partial charge is 0.507 e. The van der Waals surface area contributed by atoms with Crippen molar-refractivity contribution in [1.82, 2.24) is 14.5 Å². The lowest BCUT2D eigenvalue weighted by Gasteiger charge is -2.23. The van der Waals surface area contributed by atoms with Gasteiger partial charge < -0.3 is 19.0 Å². The van der Waals surface area contributed by atoms with E-state index in [2.05, 4.69) is 4.98 Å². The molecule has 0 spiro atoms. The molecule has 1 N–H and O–H groups in total. The predicted molar refractivity (Wildman–Crippen MR) is 106 cm³/mol. The summed E-state index contributed by atoms with van der Waals surface area (Å²) in [6.45, 7) is 0.969. The van der Waals surface area contributed by atoms with Gasteiger partial charge in [0, 0.05) is 36.1 Å². The maximum Gasteiger partial charge on any atom is 0.295 e. The number of nitrogens with zero attached hydrogens (tertiary/aromatic N) is 3. The molecular formula is C21H18ClN3O4. The molecule has 1 aliphatic heterocycles. The van der Waals surface area contributed by atoms with Gasteiger partial charge in [-0.05, 0) is 42.8 Å². The van der Waals surface area contributed by atoms with Crippen LogP contribution < -0.4 is 0 Å². The van der Waals surface area contributed by atoms with Crippen LogP contribution in [-0.2, 0) is 16.1 Å². The van der Waals surface area contributed by atoms with Gasteiger partial charge in [0.1, 0.15) is 17.6 Å². The number of carbonyl (C=O) groups excluding carboxylic acids is 2. The molecule has 1 atom stereocenters. The van der Waals surface area contributed by atoms with E-state index in [1.54, 1.807) is 48.9 Å². The molecular weight excluding hydrogens is 394 g/mol. The number of likely N-dealkylation sites (tertiary alicyclic amines) is 1. The van der Waals surface area contributed by atoms with E-state index in [1.807, 2.05) is 10.8 Å². The Morgan fingerprint density at radius 1 is 1.17 bits per heavy atom. The number of Topliss-reactive ketones (excluding diaryl/α,β-unsaturated/α-hetero) is 1. The molecule has 29 heavy (non-hydrogen) atoms. The molecule has 0 saturated carbocycles. The minimum atomic E-state index is -0.788. The van der Waals surface area contributed by atoms with Crippen LogP contribution in [0.5, 0.6) is 0 Å². The van der Waals surface area contributed by atoms with Gasteiger partial charge in [0.2, 0.25) is 0 Å². The zero-order valence-corrected chi connectivity index (χ0v) is 16.1. The van der Waals surface area contributed by atoms with Crippen molar-refractivity contribution in [2.24, 2.45) is 0 Å². The summed E-state index contributed by atoms with van der Waals surface area (Å²) in [7, 11) is 0. The molecule has 1 saturated heterocycles. The van der Waals surface area contributed by atoms with Gasteiger partial charge in [0.25, 0.3) is 11.7 Å². The fourth-order valence-electron chi connectivity index (χ4n) is 3.46. The van der Waals surface area contributed by atoms with Crippen molar-refractivity contribution in [3.63, 3.8) is 0 Å². The highest BCUT2D eigenvalue weighted by molar-refractivity contribution is 6.46. The van der Waals surface area contributed by atoms with Gasteiger partial charge in [0.05, 0.1) is 18.2 Å². The van der Waals surface area contributed by atoms with Crippen molar-refractivity contribution in [2.75, 3.05) is 6.54 Å². The van der Waals surface area contributed by atoms with Crippen molar-refractivity contribution in [2.45, 2.75) is 19.0 Å². The number of hydrogen-bond acceptors (Lipinski definition) is 5. The summed E-state index contributed by atoms with van der Waals surface area (Å²) in [6, 6.07) is 9.01. The Hall–Kier alpha value is -3.32. The maximum atomic E-state index is 12.8. The first-order chi connectivity index (χ1) is 14.1. The van der Waals surface area contributed by atoms with Gasteiger partial charge in [-0.15, -0.1) is 0 Å². The number of aliphatic hydroxyl groups is 1. The van der Waals surface area contributed by atoms with E-state index in [4.69, 9.17) is 16.0 Å². The van der Waals surface area contributed by atoms with Crippen LogP contribution in [0, 0.1) is 0 Å². The monoisotopic (exact) mass is 411 g/mol. The minimum Gasteiger partial charge on any atom is -0.507 e. The number of rotatable bonds is 6. The highest BCUT2D eigenvalue weighted by Crippen LogP contribution is 2.39. The van der Waals surface area contributed by atoms with Crippen molar-refractivity contribution >= 4 is 29.1 Å². The van der Waals surface area contributed by atoms with E-state index in [-0.39, 0.29) is 11.3 Å². The first-order valence-corrected chi connectivity index (χ1v) is 9.47. The number of halogens is 1. The van der Waals surface area contributed by atoms with Gasteiger partial charge in [-0.25, -0.2) is 4.98 Å². The average molecular weight is 412 g/mol. The molecule has 148 valence electrons. The van der Waals surface area contributed by atoms with E-state index in [0.29, 0.717) is 35.9 Å². The molecule has 3 aromatic rings. The Balaban J connectivity index is 1.68. The van der Waals surface area contributed by atoms with Crippen molar-refractivity contribution in [3.05, 3.63) is 83.3 Å². The molecule has 1 aromatic carbocycles. The maximum absolute atomic E-state index is 12.8. The molecule has 8 heteroatoms. The first-order valence-electron chi connectivity index (χ1n) is 9.10. The normalized spacial score (nSPS) is 18.5. The van der Waals surface area contributed by atoms with Crippen LogP contribution in [0.3, 0.4) is 0 Å². The van der Waals surface area contributed by atoms with E-state index < -0.39 is 17.7 Å². The Labute approximate surface area is 171 Å². The number of imidazole rings is 1. The Morgan fingerprint density at radius 3 is 2.62 bits per heavy atom. The van der Waals surface area contributed by atoms with Gasteiger partial charge in [-0.1, -0.05) is 11.6 Å². The van der Waals surface area contributed by atoms with Gasteiger partial charge in [-0.2, -0.15) is 0 Å². The Kier molecular flexibility index (Phi) is 5.22. The lowest BCUT2D eigenvalue weighted by atomic mass is 9.99. The third kappa shape index (κ3) is 3.69. The summed E-state index contributed by atoms with van der Waals surface area (Å²) in [5.74, 6) is -1.23. The quantitative estimate of drug-likeness (QED) is 0.380. The molecule has 7 nitrogen and oxygen atoms in total. The summed E-state index contributed by atoms with van der Waals surface area (Å²) in [5, 5.41) is 11.3. The summed E-state index contributed by atoms with van der Waals surface area (Å²) < 4.78 is 7.40. The number of hydrogen-bond donors (Lipinski definition) is 1. The SMILES string of the molecule is O=C1C(=O)N(CCCn2ccnc2)[C@@H](c2ccco2)C1=C(O)c1ccc(Cl)cc1. The van der Waals surface area contributed by atoms with Crippen LogP contribution in [0.1, 0.15) is 23.8 Å². The van der Waals surface area contributed by atoms with E-state index in [0.717, 1.165) is 0 Å². The van der Waals surface area contributed by atoms with Gasteiger partial charge >= 0.3 is 0 Å². The standard InChI is InChI=1S/C21H18ClN3O4/c22-15-6-4-14(5-7-15)19(26)17-18(16-3-1-12-29-16)25(21(28)20(17)27)10-2-9-24-11-8-23-13-24/h1,3-8,11-13,18,26H,2,9-10H2/t18-/m0/s1. The average Bonchev–Trinajstić information content (AvgIpc) is 3.46. The Bertz CT molecular complexity index is 1040. The Morgan fingerprint density at radius 2 is 1.97 bits per heavy atom. The topological polar surface area (TPSA) is 88.6 Å². The number of amides is 1. The molecule has 1 aliphatic rings. The molecule has 4 rings (SSSR count). The zero-order chi connectivity index (χ0) is 20.4. The van der Waals surface area contributed by atoms with Gasteiger partial charge in [0.15, 0.2) is 0 Å². The van der Waals surface area contributed by atoms with Gasteiger partial charge in [-0.3, -0.25) is 9.59 Å². The number of benzene rings is 1. The second-order valence-electron chi connectivity index (χ2n) is 6.67. The highest BCUT2D eigenvalue weighted by atomic mass is 35.5. The third-order valence-corrected chi connectivity index (χ3v) is 5.10. The number of ketones is 1. The lowest BCUT2D eigenvalue weighted by Crippen LogP contribution is -2.31. The van der Waals surface area contributed by atoms with Crippen LogP contribution in [-0.4, -0.2) is 37.8 Å². The zero-order valence-electron chi connectivity index (χ0n) is 15.4. The first kappa shape index (κ1) is 19.0. The molecule has 0 aliphatic carbocycles. The summed E-state index contributed by atoms with van der Waals surface area (Å²) in [4.78, 5) is 31.0. The van der Waals surface area contributed by atoms with Crippen molar-refractivity contribution in [1.29, 1.82) is 0 Å². The van der Waals surface area contributed by atoms with E-state index >= 15 is 0 Å². The van der Waals surface area contributed by atoms with Crippen LogP contribution in [0.15, 0.2) is 71.4 Å². The summed E-state index contributed by atoms with van der Waals surface area (Å²) in [5.41, 5.74) is 0.414. The number of aromatic nitrogens is 2.